The van der Waals surface area contributed by atoms with Crippen LogP contribution in [0.15, 0.2) is 18.2 Å². The summed E-state index contributed by atoms with van der Waals surface area (Å²) < 4.78 is 11.4. The maximum atomic E-state index is 12.4. The molecule has 1 unspecified atom stereocenters. The van der Waals surface area contributed by atoms with Crippen LogP contribution in [0.4, 0.5) is 0 Å². The first kappa shape index (κ1) is 30.4. The number of hydrogen-bond acceptors (Lipinski definition) is 6. The molecule has 0 heterocycles. The Kier molecular flexibility index (Phi) is 12.4. The normalized spacial score (nSPS) is 23.8. The number of ether oxygens (including phenoxy) is 2. The fraction of sp³-hybridized carbons (Fsp3) is 0.742. The molecular weight excluding hydrogens is 484 g/mol. The number of aliphatic hydroxyl groups excluding tert-OH is 2. The Labute approximate surface area is 227 Å². The van der Waals surface area contributed by atoms with Crippen molar-refractivity contribution in [3.63, 3.8) is 0 Å². The minimum absolute atomic E-state index is 0.144. The van der Waals surface area contributed by atoms with E-state index < -0.39 is 11.9 Å². The lowest BCUT2D eigenvalue weighted by Crippen LogP contribution is -2.28. The van der Waals surface area contributed by atoms with Gasteiger partial charge in [0.15, 0.2) is 6.61 Å². The molecule has 0 radical (unpaired) electrons. The van der Waals surface area contributed by atoms with Gasteiger partial charge in [-0.15, -0.1) is 0 Å². The molecule has 0 spiro atoms. The molecule has 3 rings (SSSR count). The Balaban J connectivity index is 1.47. The van der Waals surface area contributed by atoms with Crippen LogP contribution in [0.25, 0.3) is 0 Å². The average Bonchev–Trinajstić information content (AvgIpc) is 3.18. The zero-order chi connectivity index (χ0) is 27.5. The van der Waals surface area contributed by atoms with E-state index in [1.165, 1.54) is 5.56 Å². The summed E-state index contributed by atoms with van der Waals surface area (Å²) in [5, 5.41) is 30.0. The smallest absolute Gasteiger partial charge is 0.344 e. The molecule has 1 aromatic rings. The van der Waals surface area contributed by atoms with Gasteiger partial charge in [-0.2, -0.15) is 0 Å². The second-order valence-corrected chi connectivity index (χ2v) is 11.5. The predicted octanol–water partition coefficient (Wildman–Crippen LogP) is 5.47. The van der Waals surface area contributed by atoms with E-state index in [1.54, 1.807) is 0 Å². The van der Waals surface area contributed by atoms with E-state index in [2.05, 4.69) is 13.0 Å². The van der Waals surface area contributed by atoms with Gasteiger partial charge >= 0.3 is 11.9 Å². The van der Waals surface area contributed by atoms with Gasteiger partial charge in [0.1, 0.15) is 5.75 Å². The molecule has 3 N–H and O–H groups in total. The first-order chi connectivity index (χ1) is 18.3. The highest BCUT2D eigenvalue weighted by atomic mass is 16.6. The lowest BCUT2D eigenvalue weighted by atomic mass is 9.73. The quantitative estimate of drug-likeness (QED) is 0.180. The zero-order valence-corrected chi connectivity index (χ0v) is 23.3. The number of aliphatic carboxylic acids is 1. The van der Waals surface area contributed by atoms with E-state index in [-0.39, 0.29) is 37.3 Å². The van der Waals surface area contributed by atoms with Crippen LogP contribution >= 0.6 is 0 Å². The van der Waals surface area contributed by atoms with E-state index in [4.69, 9.17) is 14.6 Å². The fourth-order valence-electron chi connectivity index (χ4n) is 6.44. The van der Waals surface area contributed by atoms with E-state index >= 15 is 0 Å². The molecule has 7 nitrogen and oxygen atoms in total. The Hall–Kier alpha value is -2.12. The van der Waals surface area contributed by atoms with E-state index in [9.17, 15) is 19.8 Å². The summed E-state index contributed by atoms with van der Waals surface area (Å²) in [5.74, 6) is 0.567. The summed E-state index contributed by atoms with van der Waals surface area (Å²) in [6, 6.07) is 6.01. The Morgan fingerprint density at radius 1 is 1.05 bits per heavy atom. The van der Waals surface area contributed by atoms with Crippen LogP contribution in [0.1, 0.15) is 102 Å². The van der Waals surface area contributed by atoms with E-state index in [0.717, 1.165) is 81.9 Å². The van der Waals surface area contributed by atoms with E-state index in [1.807, 2.05) is 19.1 Å². The number of carboxylic acid groups (broad SMARTS) is 1. The number of carboxylic acids is 1. The van der Waals surface area contributed by atoms with E-state index in [0.29, 0.717) is 24.7 Å². The van der Waals surface area contributed by atoms with Gasteiger partial charge in [-0.3, -0.25) is 4.79 Å². The standard InChI is InChI=1S/C31H48O7/c1-3-4-6-12-24(32)15-16-25-26-17-22-11-9-13-29(27(22)18-23(26)19-28(25)33)37-20-31(36)38-21(2)10-7-5-8-14-30(34)35/h9,11,13,21,23-26,28,32-33H,3-8,10,12,14-20H2,1-2H3,(H,34,35)/t21?,23-,24-,25+,26-,28+/m0/s1. The number of fused-ring (bicyclic) bond motifs is 2. The number of rotatable bonds is 17. The summed E-state index contributed by atoms with van der Waals surface area (Å²) in [7, 11) is 0. The maximum absolute atomic E-state index is 12.4. The fourth-order valence-corrected chi connectivity index (χ4v) is 6.44. The number of benzene rings is 1. The molecule has 2 aliphatic rings. The van der Waals surface area contributed by atoms with Crippen LogP contribution in [-0.4, -0.2) is 52.2 Å². The summed E-state index contributed by atoms with van der Waals surface area (Å²) in [5.41, 5.74) is 2.37. The Morgan fingerprint density at radius 2 is 1.84 bits per heavy atom. The van der Waals surface area contributed by atoms with Crippen molar-refractivity contribution in [2.75, 3.05) is 6.61 Å². The van der Waals surface area contributed by atoms with Gasteiger partial charge in [0.2, 0.25) is 0 Å². The largest absolute Gasteiger partial charge is 0.482 e. The van der Waals surface area contributed by atoms with Gasteiger partial charge in [0, 0.05) is 6.42 Å². The molecule has 0 aliphatic heterocycles. The van der Waals surface area contributed by atoms with Crippen LogP contribution in [0.3, 0.4) is 0 Å². The maximum Gasteiger partial charge on any atom is 0.344 e. The Bertz CT molecular complexity index is 885. The van der Waals surface area contributed by atoms with Crippen molar-refractivity contribution >= 4 is 11.9 Å². The van der Waals surface area contributed by atoms with Gasteiger partial charge in [0.25, 0.3) is 0 Å². The number of carbonyl (C=O) groups excluding carboxylic acids is 1. The predicted molar refractivity (Wildman–Crippen MR) is 146 cm³/mol. The highest BCUT2D eigenvalue weighted by Crippen LogP contribution is 2.48. The molecule has 214 valence electrons. The van der Waals surface area contributed by atoms with Gasteiger partial charge in [-0.1, -0.05) is 44.7 Å². The second kappa shape index (κ2) is 15.5. The van der Waals surface area contributed by atoms with Crippen molar-refractivity contribution in [2.24, 2.45) is 17.8 Å². The van der Waals surface area contributed by atoms with Crippen molar-refractivity contribution in [1.29, 1.82) is 0 Å². The van der Waals surface area contributed by atoms with Gasteiger partial charge < -0.3 is 24.8 Å². The number of esters is 1. The molecule has 1 saturated carbocycles. The zero-order valence-electron chi connectivity index (χ0n) is 23.3. The molecule has 7 heteroatoms. The third kappa shape index (κ3) is 9.26. The first-order valence-electron chi connectivity index (χ1n) is 14.8. The van der Waals surface area contributed by atoms with Crippen molar-refractivity contribution in [3.05, 3.63) is 29.3 Å². The van der Waals surface area contributed by atoms with Gasteiger partial charge in [-0.05, 0) is 99.7 Å². The van der Waals surface area contributed by atoms with Crippen molar-refractivity contribution in [3.8, 4) is 5.75 Å². The summed E-state index contributed by atoms with van der Waals surface area (Å²) >= 11 is 0. The van der Waals surface area contributed by atoms with Crippen LogP contribution in [0.5, 0.6) is 5.75 Å². The monoisotopic (exact) mass is 532 g/mol. The summed E-state index contributed by atoms with van der Waals surface area (Å²) in [6.07, 6.45) is 10.7. The minimum Gasteiger partial charge on any atom is -0.482 e. The van der Waals surface area contributed by atoms with Crippen LogP contribution in [0, 0.1) is 17.8 Å². The average molecular weight is 533 g/mol. The summed E-state index contributed by atoms with van der Waals surface area (Å²) in [4.78, 5) is 23.0. The molecule has 1 fully saturated rings. The lowest BCUT2D eigenvalue weighted by Gasteiger charge is -2.32. The molecule has 0 saturated heterocycles. The van der Waals surface area contributed by atoms with Crippen molar-refractivity contribution in [2.45, 2.75) is 122 Å². The number of aliphatic hydroxyl groups is 2. The number of carbonyl (C=O) groups is 2. The van der Waals surface area contributed by atoms with Crippen molar-refractivity contribution in [1.82, 2.24) is 0 Å². The lowest BCUT2D eigenvalue weighted by molar-refractivity contribution is -0.151. The number of hydrogen-bond donors (Lipinski definition) is 3. The number of unbranched alkanes of at least 4 members (excludes halogenated alkanes) is 4. The minimum atomic E-state index is -0.780. The van der Waals surface area contributed by atoms with Crippen LogP contribution < -0.4 is 4.74 Å². The molecular formula is C31H48O7. The molecule has 2 aliphatic carbocycles. The Morgan fingerprint density at radius 3 is 2.61 bits per heavy atom. The molecule has 0 aromatic heterocycles. The molecule has 1 aromatic carbocycles. The summed E-state index contributed by atoms with van der Waals surface area (Å²) in [6.45, 7) is 3.88. The van der Waals surface area contributed by atoms with Crippen molar-refractivity contribution < 1.29 is 34.4 Å². The molecule has 6 atom stereocenters. The molecule has 38 heavy (non-hydrogen) atoms. The highest BCUT2D eigenvalue weighted by Gasteiger charge is 2.44. The third-order valence-electron chi connectivity index (χ3n) is 8.50. The second-order valence-electron chi connectivity index (χ2n) is 11.5. The van der Waals surface area contributed by atoms with Crippen LogP contribution in [0.2, 0.25) is 0 Å². The van der Waals surface area contributed by atoms with Gasteiger partial charge in [0.05, 0.1) is 18.3 Å². The third-order valence-corrected chi connectivity index (χ3v) is 8.50. The van der Waals surface area contributed by atoms with Gasteiger partial charge in [-0.25, -0.2) is 4.79 Å². The first-order valence-corrected chi connectivity index (χ1v) is 14.8. The highest BCUT2D eigenvalue weighted by molar-refractivity contribution is 5.71. The van der Waals surface area contributed by atoms with Crippen LogP contribution in [-0.2, 0) is 27.2 Å². The SMILES string of the molecule is CCCCC[C@H](O)CC[C@@H]1[C@H]2Cc3cccc(OCC(=O)OC(C)CCCCCC(=O)O)c3C[C@H]2C[C@H]1O. The molecule has 0 bridgehead atoms. The topological polar surface area (TPSA) is 113 Å². The molecule has 0 amide bonds.